The number of hydrogen-bond donors (Lipinski definition) is 2. The lowest BCUT2D eigenvalue weighted by Crippen LogP contribution is -2.15. The second-order valence-electron chi connectivity index (χ2n) is 3.48. The second kappa shape index (κ2) is 3.98. The second-order valence-corrected chi connectivity index (χ2v) is 3.91. The van der Waals surface area contributed by atoms with Crippen LogP contribution in [0.15, 0.2) is 30.5 Å². The number of halogens is 1. The Bertz CT molecular complexity index is 545. The van der Waals surface area contributed by atoms with Gasteiger partial charge in [-0.1, -0.05) is 11.6 Å². The predicted molar refractivity (Wildman–Crippen MR) is 64.3 cm³/mol. The molecule has 2 aromatic rings. The molecule has 0 bridgehead atoms. The fourth-order valence-corrected chi connectivity index (χ4v) is 1.64. The maximum atomic E-state index is 7.50. The third kappa shape index (κ3) is 1.92. The zero-order valence-electron chi connectivity index (χ0n) is 8.74. The van der Waals surface area contributed by atoms with Crippen molar-refractivity contribution in [3.8, 4) is 5.69 Å². The number of nitrogens with two attached hydrogens (primary N) is 1. The molecule has 4 nitrogen and oxygen atoms in total. The van der Waals surface area contributed by atoms with Gasteiger partial charge < -0.3 is 5.73 Å². The maximum absolute atomic E-state index is 7.50. The summed E-state index contributed by atoms with van der Waals surface area (Å²) in [4.78, 5) is 0. The third-order valence-corrected chi connectivity index (χ3v) is 2.45. The molecule has 0 fully saturated rings. The molecule has 0 aliphatic carbocycles. The molecular weight excluding hydrogens is 224 g/mol. The van der Waals surface area contributed by atoms with Crippen LogP contribution in [-0.2, 0) is 0 Å². The van der Waals surface area contributed by atoms with Crippen molar-refractivity contribution < 1.29 is 0 Å². The van der Waals surface area contributed by atoms with Gasteiger partial charge in [-0.3, -0.25) is 5.41 Å². The first-order valence-corrected chi connectivity index (χ1v) is 5.12. The lowest BCUT2D eigenvalue weighted by molar-refractivity contribution is 0.860. The highest BCUT2D eigenvalue weighted by Crippen LogP contribution is 2.19. The molecular formula is C11H11ClN4. The molecule has 0 atom stereocenters. The van der Waals surface area contributed by atoms with Crippen molar-refractivity contribution in [1.82, 2.24) is 9.78 Å². The Kier molecular flexibility index (Phi) is 2.66. The summed E-state index contributed by atoms with van der Waals surface area (Å²) >= 11 is 5.93. The molecule has 3 N–H and O–H groups in total. The van der Waals surface area contributed by atoms with Crippen molar-refractivity contribution >= 4 is 17.4 Å². The molecule has 82 valence electrons. The highest BCUT2D eigenvalue weighted by Gasteiger charge is 2.08. The number of amidine groups is 1. The SMILES string of the molecule is Cc1ccn(-c2cc(Cl)ccc2C(=N)N)n1. The molecule has 0 saturated heterocycles. The Hall–Kier alpha value is -1.81. The average molecular weight is 235 g/mol. The first kappa shape index (κ1) is 10.7. The average Bonchev–Trinajstić information content (AvgIpc) is 2.64. The first-order valence-electron chi connectivity index (χ1n) is 4.74. The van der Waals surface area contributed by atoms with Crippen LogP contribution in [0.4, 0.5) is 0 Å². The predicted octanol–water partition coefficient (Wildman–Crippen LogP) is 2.12. The highest BCUT2D eigenvalue weighted by atomic mass is 35.5. The fourth-order valence-electron chi connectivity index (χ4n) is 1.47. The van der Waals surface area contributed by atoms with Gasteiger partial charge in [0.05, 0.1) is 11.4 Å². The molecule has 0 radical (unpaired) electrons. The van der Waals surface area contributed by atoms with Crippen LogP contribution in [0.3, 0.4) is 0 Å². The summed E-state index contributed by atoms with van der Waals surface area (Å²) in [5, 5.41) is 12.4. The number of aromatic nitrogens is 2. The van der Waals surface area contributed by atoms with E-state index in [1.54, 1.807) is 22.9 Å². The summed E-state index contributed by atoms with van der Waals surface area (Å²) in [6.07, 6.45) is 1.81. The number of nitrogens with zero attached hydrogens (tertiary/aromatic N) is 2. The van der Waals surface area contributed by atoms with E-state index in [4.69, 9.17) is 22.7 Å². The van der Waals surface area contributed by atoms with Gasteiger partial charge in [-0.25, -0.2) is 4.68 Å². The van der Waals surface area contributed by atoms with E-state index in [9.17, 15) is 0 Å². The molecule has 0 aliphatic heterocycles. The van der Waals surface area contributed by atoms with Gasteiger partial charge in [-0.15, -0.1) is 0 Å². The van der Waals surface area contributed by atoms with E-state index >= 15 is 0 Å². The molecule has 0 spiro atoms. The van der Waals surface area contributed by atoms with Gasteiger partial charge in [0.2, 0.25) is 0 Å². The summed E-state index contributed by atoms with van der Waals surface area (Å²) < 4.78 is 1.66. The van der Waals surface area contributed by atoms with Crippen LogP contribution in [0.5, 0.6) is 0 Å². The zero-order valence-corrected chi connectivity index (χ0v) is 9.49. The van der Waals surface area contributed by atoms with E-state index < -0.39 is 0 Å². The lowest BCUT2D eigenvalue weighted by atomic mass is 10.1. The third-order valence-electron chi connectivity index (χ3n) is 2.22. The monoisotopic (exact) mass is 234 g/mol. The van der Waals surface area contributed by atoms with E-state index in [0.717, 1.165) is 5.69 Å². The normalized spacial score (nSPS) is 10.4. The minimum absolute atomic E-state index is 0.000167. The molecule has 0 unspecified atom stereocenters. The van der Waals surface area contributed by atoms with Crippen LogP contribution in [-0.4, -0.2) is 15.6 Å². The Morgan fingerprint density at radius 1 is 1.44 bits per heavy atom. The zero-order chi connectivity index (χ0) is 11.7. The van der Waals surface area contributed by atoms with Gasteiger partial charge in [0, 0.05) is 16.8 Å². The Balaban J connectivity index is 2.62. The van der Waals surface area contributed by atoms with Crippen molar-refractivity contribution in [3.63, 3.8) is 0 Å². The van der Waals surface area contributed by atoms with E-state index in [1.807, 2.05) is 19.2 Å². The van der Waals surface area contributed by atoms with E-state index in [-0.39, 0.29) is 5.84 Å². The number of aryl methyl sites for hydroxylation is 1. The molecule has 1 aromatic carbocycles. The van der Waals surface area contributed by atoms with Crippen molar-refractivity contribution in [1.29, 1.82) is 5.41 Å². The van der Waals surface area contributed by atoms with Crippen LogP contribution < -0.4 is 5.73 Å². The van der Waals surface area contributed by atoms with Crippen LogP contribution in [0.2, 0.25) is 5.02 Å². The topological polar surface area (TPSA) is 67.7 Å². The van der Waals surface area contributed by atoms with Crippen molar-refractivity contribution in [2.45, 2.75) is 6.92 Å². The van der Waals surface area contributed by atoms with Gasteiger partial charge in [-0.05, 0) is 31.2 Å². The maximum Gasteiger partial charge on any atom is 0.124 e. The molecule has 2 rings (SSSR count). The summed E-state index contributed by atoms with van der Waals surface area (Å²) in [5.74, 6) is -0.000167. The summed E-state index contributed by atoms with van der Waals surface area (Å²) in [6.45, 7) is 1.90. The fraction of sp³-hybridized carbons (Fsp3) is 0.0909. The van der Waals surface area contributed by atoms with Crippen LogP contribution >= 0.6 is 11.6 Å². The molecule has 0 saturated carbocycles. The first-order chi connectivity index (χ1) is 7.58. The summed E-state index contributed by atoms with van der Waals surface area (Å²) in [6, 6.07) is 7.05. The van der Waals surface area contributed by atoms with Gasteiger partial charge >= 0.3 is 0 Å². The molecule has 1 aromatic heterocycles. The van der Waals surface area contributed by atoms with Crippen LogP contribution in [0.1, 0.15) is 11.3 Å². The van der Waals surface area contributed by atoms with Gasteiger partial charge in [-0.2, -0.15) is 5.10 Å². The van der Waals surface area contributed by atoms with Gasteiger partial charge in [0.25, 0.3) is 0 Å². The van der Waals surface area contributed by atoms with Crippen LogP contribution in [0.25, 0.3) is 5.69 Å². The van der Waals surface area contributed by atoms with Gasteiger partial charge in [0.15, 0.2) is 0 Å². The summed E-state index contributed by atoms with van der Waals surface area (Å²) in [7, 11) is 0. The molecule has 0 amide bonds. The minimum Gasteiger partial charge on any atom is -0.384 e. The van der Waals surface area contributed by atoms with Crippen molar-refractivity contribution in [3.05, 3.63) is 46.7 Å². The van der Waals surface area contributed by atoms with E-state index in [2.05, 4.69) is 5.10 Å². The van der Waals surface area contributed by atoms with Crippen molar-refractivity contribution in [2.75, 3.05) is 0 Å². The smallest absolute Gasteiger partial charge is 0.124 e. The molecule has 5 heteroatoms. The van der Waals surface area contributed by atoms with Gasteiger partial charge in [0.1, 0.15) is 5.84 Å². The molecule has 1 heterocycles. The van der Waals surface area contributed by atoms with Crippen molar-refractivity contribution in [2.24, 2.45) is 5.73 Å². The number of rotatable bonds is 2. The van der Waals surface area contributed by atoms with E-state index in [0.29, 0.717) is 16.3 Å². The van der Waals surface area contributed by atoms with Crippen LogP contribution in [0, 0.1) is 12.3 Å². The lowest BCUT2D eigenvalue weighted by Gasteiger charge is -2.08. The highest BCUT2D eigenvalue weighted by molar-refractivity contribution is 6.31. The molecule has 0 aliphatic rings. The summed E-state index contributed by atoms with van der Waals surface area (Å²) in [5.41, 5.74) is 7.74. The number of benzene rings is 1. The Morgan fingerprint density at radius 2 is 2.19 bits per heavy atom. The Morgan fingerprint density at radius 3 is 2.75 bits per heavy atom. The quantitative estimate of drug-likeness (QED) is 0.617. The number of nitrogens with one attached hydrogen (secondary N) is 1. The minimum atomic E-state index is -0.000167. The molecule has 16 heavy (non-hydrogen) atoms. The largest absolute Gasteiger partial charge is 0.384 e. The number of hydrogen-bond acceptors (Lipinski definition) is 2. The Labute approximate surface area is 98.2 Å². The standard InChI is InChI=1S/C11H11ClN4/c1-7-4-5-16(15-7)10-6-8(12)2-3-9(10)11(13)14/h2-6H,1H3,(H3,13,14). The van der Waals surface area contributed by atoms with E-state index in [1.165, 1.54) is 0 Å². The number of nitrogen functional groups attached to an aromatic ring is 1.